The number of anilines is 1. The Hall–Kier alpha value is -1.85. The summed E-state index contributed by atoms with van der Waals surface area (Å²) in [5.41, 5.74) is 3.30. The number of aliphatic hydroxyl groups is 1. The molecule has 3 aliphatic heterocycles. The molecule has 0 radical (unpaired) electrons. The predicted molar refractivity (Wildman–Crippen MR) is 91.4 cm³/mol. The molecule has 5 rings (SSSR count). The molecule has 2 fully saturated rings. The summed E-state index contributed by atoms with van der Waals surface area (Å²) in [4.78, 5) is 12.2. The van der Waals surface area contributed by atoms with Gasteiger partial charge in [0.15, 0.2) is 0 Å². The first-order chi connectivity index (χ1) is 11.9. The number of fused-ring (bicyclic) bond motifs is 2. The zero-order chi connectivity index (χ0) is 17.6. The summed E-state index contributed by atoms with van der Waals surface area (Å²) in [6.07, 6.45) is 1.24. The van der Waals surface area contributed by atoms with Crippen LogP contribution in [0.2, 0.25) is 0 Å². The Morgan fingerprint density at radius 1 is 1.44 bits per heavy atom. The second-order valence-electron chi connectivity index (χ2n) is 8.62. The number of hydrogen-bond donors (Lipinski definition) is 2. The fraction of sp³-hybridized carbons (Fsp3) is 0.550. The van der Waals surface area contributed by atoms with Gasteiger partial charge in [-0.3, -0.25) is 0 Å². The van der Waals surface area contributed by atoms with E-state index in [1.165, 1.54) is 5.56 Å². The summed E-state index contributed by atoms with van der Waals surface area (Å²) >= 11 is 0. The molecule has 0 saturated carbocycles. The van der Waals surface area contributed by atoms with E-state index in [1.54, 1.807) is 6.92 Å². The molecule has 6 atom stereocenters. The van der Waals surface area contributed by atoms with Gasteiger partial charge >= 0.3 is 0 Å². The highest BCUT2D eigenvalue weighted by atomic mass is 16.4. The number of hydrogen-bond acceptors (Lipinski definition) is 4. The van der Waals surface area contributed by atoms with Gasteiger partial charge in [-0.1, -0.05) is 18.2 Å². The van der Waals surface area contributed by atoms with Gasteiger partial charge in [0.05, 0.1) is 37.6 Å². The Morgan fingerprint density at radius 2 is 2.20 bits per heavy atom. The van der Waals surface area contributed by atoms with Gasteiger partial charge in [0.25, 0.3) is 0 Å². The van der Waals surface area contributed by atoms with Crippen molar-refractivity contribution in [1.82, 2.24) is 0 Å². The number of para-hydroxylation sites is 1. The highest BCUT2D eigenvalue weighted by Crippen LogP contribution is 2.63. The first-order valence-electron chi connectivity index (χ1n) is 9.23. The first-order valence-corrected chi connectivity index (χ1v) is 9.23. The first kappa shape index (κ1) is 15.4. The standard InChI is InChI=1S/C20H24N2O3/c1-11(23)13-10-22(2)8-7-20-14-5-3-4-6-15(14)21-18(20)17(19(24)25)12(13)9-16(20)22/h3-6,11-13,16,21,23H,7-10H2,1-2H3/t11-,12+,13+,16+,20-,22?/m1/s1. The van der Waals surface area contributed by atoms with Crippen LogP contribution in [0.3, 0.4) is 0 Å². The lowest BCUT2D eigenvalue weighted by Gasteiger charge is -2.54. The lowest BCUT2D eigenvalue weighted by Crippen LogP contribution is -2.65. The number of benzene rings is 1. The van der Waals surface area contributed by atoms with Crippen LogP contribution in [-0.4, -0.2) is 47.8 Å². The summed E-state index contributed by atoms with van der Waals surface area (Å²) < 4.78 is 0.923. The van der Waals surface area contributed by atoms with Crippen LogP contribution in [0.25, 0.3) is 0 Å². The molecule has 2 bridgehead atoms. The molecular weight excluding hydrogens is 316 g/mol. The van der Waals surface area contributed by atoms with E-state index in [4.69, 9.17) is 0 Å². The number of carboxylic acid groups (broad SMARTS) is 1. The molecule has 2 saturated heterocycles. The number of rotatable bonds is 2. The highest BCUT2D eigenvalue weighted by molar-refractivity contribution is 5.90. The van der Waals surface area contributed by atoms with Crippen LogP contribution < -0.4 is 10.4 Å². The molecule has 0 aromatic heterocycles. The van der Waals surface area contributed by atoms with Gasteiger partial charge in [-0.15, -0.1) is 0 Å². The third-order valence-corrected chi connectivity index (χ3v) is 7.55. The van der Waals surface area contributed by atoms with Gasteiger partial charge < -0.3 is 24.8 Å². The van der Waals surface area contributed by atoms with Crippen LogP contribution in [-0.2, 0) is 10.2 Å². The predicted octanol–water partition coefficient (Wildman–Crippen LogP) is 0.603. The molecule has 0 amide bonds. The van der Waals surface area contributed by atoms with Gasteiger partial charge in [0.1, 0.15) is 6.04 Å². The topological polar surface area (TPSA) is 72.4 Å². The summed E-state index contributed by atoms with van der Waals surface area (Å²) in [6, 6.07) is 8.60. The summed E-state index contributed by atoms with van der Waals surface area (Å²) in [5, 5.41) is 26.0. The fourth-order valence-electron chi connectivity index (χ4n) is 6.52. The summed E-state index contributed by atoms with van der Waals surface area (Å²) in [5.74, 6) is -1.25. The number of likely N-dealkylation sites (N-methyl/N-ethyl adjacent to an activating group) is 1. The Labute approximate surface area is 147 Å². The number of aliphatic carboxylic acids is 1. The number of piperidine rings is 1. The van der Waals surface area contributed by atoms with Crippen molar-refractivity contribution in [3.05, 3.63) is 41.1 Å². The number of aliphatic hydroxyl groups excluding tert-OH is 1. The number of nitrogens with one attached hydrogen (secondary N) is 1. The number of nitrogens with zero attached hydrogens (tertiary/aromatic N) is 1. The van der Waals surface area contributed by atoms with Crippen molar-refractivity contribution in [1.29, 1.82) is 0 Å². The molecule has 132 valence electrons. The SMILES string of the molecule is C[C@@H](O)[C@@H]1C[N+]2(C)CC[C@]34C(=C(C(=O)[O-])[C@H]1C[C@@H]32)Nc1ccccc14. The molecule has 2 N–H and O–H groups in total. The zero-order valence-corrected chi connectivity index (χ0v) is 14.7. The van der Waals surface area contributed by atoms with Crippen LogP contribution in [0.5, 0.6) is 0 Å². The molecule has 5 heteroatoms. The average molecular weight is 340 g/mol. The molecule has 1 aliphatic carbocycles. The third kappa shape index (κ3) is 1.68. The summed E-state index contributed by atoms with van der Waals surface area (Å²) in [6.45, 7) is 3.64. The van der Waals surface area contributed by atoms with Crippen molar-refractivity contribution in [2.24, 2.45) is 11.8 Å². The minimum atomic E-state index is -1.08. The second kappa shape index (κ2) is 4.65. The van der Waals surface area contributed by atoms with Gasteiger partial charge in [-0.25, -0.2) is 0 Å². The van der Waals surface area contributed by atoms with Crippen molar-refractivity contribution in [3.63, 3.8) is 0 Å². The van der Waals surface area contributed by atoms with Crippen LogP contribution >= 0.6 is 0 Å². The Morgan fingerprint density at radius 3 is 2.92 bits per heavy atom. The van der Waals surface area contributed by atoms with E-state index in [2.05, 4.69) is 18.4 Å². The van der Waals surface area contributed by atoms with Gasteiger partial charge in [-0.05, 0) is 24.1 Å². The minimum absolute atomic E-state index is 0.0386. The molecule has 1 unspecified atom stereocenters. The molecule has 3 heterocycles. The number of carboxylic acids is 1. The molecule has 1 aromatic rings. The maximum atomic E-state index is 12.2. The van der Waals surface area contributed by atoms with Crippen molar-refractivity contribution < 1.29 is 19.5 Å². The molecule has 25 heavy (non-hydrogen) atoms. The van der Waals surface area contributed by atoms with E-state index in [-0.39, 0.29) is 17.3 Å². The van der Waals surface area contributed by atoms with Crippen LogP contribution in [0.4, 0.5) is 5.69 Å². The van der Waals surface area contributed by atoms with Crippen molar-refractivity contribution in [2.75, 3.05) is 25.5 Å². The second-order valence-corrected chi connectivity index (χ2v) is 8.62. The van der Waals surface area contributed by atoms with Crippen molar-refractivity contribution in [3.8, 4) is 0 Å². The Bertz CT molecular complexity index is 817. The van der Waals surface area contributed by atoms with E-state index in [9.17, 15) is 15.0 Å². The van der Waals surface area contributed by atoms with Gasteiger partial charge in [0, 0.05) is 36.1 Å². The lowest BCUT2D eigenvalue weighted by molar-refractivity contribution is -0.933. The smallest absolute Gasteiger partial charge is 0.105 e. The number of carbonyl (C=O) groups excluding carboxylic acids is 1. The number of quaternary nitrogens is 1. The van der Waals surface area contributed by atoms with Gasteiger partial charge in [0.2, 0.25) is 0 Å². The monoisotopic (exact) mass is 340 g/mol. The maximum Gasteiger partial charge on any atom is 0.105 e. The Balaban J connectivity index is 1.81. The molecule has 4 aliphatic rings. The van der Waals surface area contributed by atoms with E-state index >= 15 is 0 Å². The van der Waals surface area contributed by atoms with Crippen LogP contribution in [0, 0.1) is 11.8 Å². The van der Waals surface area contributed by atoms with E-state index in [0.717, 1.165) is 41.8 Å². The van der Waals surface area contributed by atoms with Crippen molar-refractivity contribution >= 4 is 11.7 Å². The van der Waals surface area contributed by atoms with E-state index in [0.29, 0.717) is 11.6 Å². The zero-order valence-electron chi connectivity index (χ0n) is 14.7. The normalized spacial score (nSPS) is 41.8. The molecular formula is C20H24N2O3. The molecule has 5 nitrogen and oxygen atoms in total. The van der Waals surface area contributed by atoms with E-state index < -0.39 is 12.1 Å². The maximum absolute atomic E-state index is 12.2. The summed E-state index contributed by atoms with van der Waals surface area (Å²) in [7, 11) is 2.29. The van der Waals surface area contributed by atoms with E-state index in [1.807, 2.05) is 18.2 Å². The number of carbonyl (C=O) groups is 1. The fourth-order valence-corrected chi connectivity index (χ4v) is 6.52. The molecule has 1 spiro atoms. The van der Waals surface area contributed by atoms with Crippen LogP contribution in [0.15, 0.2) is 35.5 Å². The minimum Gasteiger partial charge on any atom is -0.545 e. The Kier molecular flexibility index (Phi) is 2.87. The molecule has 1 aromatic carbocycles. The quantitative estimate of drug-likeness (QED) is 0.774. The third-order valence-electron chi connectivity index (χ3n) is 7.55. The van der Waals surface area contributed by atoms with Crippen LogP contribution in [0.1, 0.15) is 25.3 Å². The van der Waals surface area contributed by atoms with Crippen molar-refractivity contribution in [2.45, 2.75) is 37.3 Å². The largest absolute Gasteiger partial charge is 0.545 e. The highest BCUT2D eigenvalue weighted by Gasteiger charge is 2.68. The average Bonchev–Trinajstić information content (AvgIpc) is 3.07. The lowest BCUT2D eigenvalue weighted by atomic mass is 9.59. The van der Waals surface area contributed by atoms with Gasteiger partial charge in [-0.2, -0.15) is 0 Å².